The van der Waals surface area contributed by atoms with E-state index < -0.39 is 5.97 Å². The number of nitrogens with zero attached hydrogens (tertiary/aromatic N) is 2. The van der Waals surface area contributed by atoms with Gasteiger partial charge in [-0.3, -0.25) is 19.3 Å². The topological polar surface area (TPSA) is 106 Å². The molecule has 1 aromatic carbocycles. The zero-order valence-electron chi connectivity index (χ0n) is 16.9. The van der Waals surface area contributed by atoms with Gasteiger partial charge in [-0.2, -0.15) is 0 Å². The molecule has 0 saturated carbocycles. The highest BCUT2D eigenvalue weighted by Crippen LogP contribution is 2.37. The first-order chi connectivity index (χ1) is 14.9. The van der Waals surface area contributed by atoms with Gasteiger partial charge in [0.1, 0.15) is 4.32 Å². The van der Waals surface area contributed by atoms with E-state index in [1.54, 1.807) is 29.2 Å². The summed E-state index contributed by atoms with van der Waals surface area (Å²) in [6.07, 6.45) is 1.41. The highest BCUT2D eigenvalue weighted by molar-refractivity contribution is 8.26. The van der Waals surface area contributed by atoms with Crippen molar-refractivity contribution in [3.8, 4) is 11.5 Å². The second-order valence-electron chi connectivity index (χ2n) is 6.64. The molecular formula is C20H22N2O7S2. The van der Waals surface area contributed by atoms with Crippen LogP contribution in [0.15, 0.2) is 23.1 Å². The number of methoxy groups -OCH3 is 1. The van der Waals surface area contributed by atoms with Gasteiger partial charge in [0.05, 0.1) is 31.6 Å². The number of benzene rings is 1. The summed E-state index contributed by atoms with van der Waals surface area (Å²) in [4.78, 5) is 39.2. The van der Waals surface area contributed by atoms with E-state index in [4.69, 9.17) is 31.5 Å². The van der Waals surface area contributed by atoms with Gasteiger partial charge >= 0.3 is 5.97 Å². The van der Waals surface area contributed by atoms with Crippen molar-refractivity contribution in [3.05, 3.63) is 28.7 Å². The van der Waals surface area contributed by atoms with Crippen LogP contribution < -0.4 is 9.47 Å². The molecule has 0 bridgehead atoms. The van der Waals surface area contributed by atoms with E-state index in [1.807, 2.05) is 0 Å². The fourth-order valence-corrected chi connectivity index (χ4v) is 4.34. The second-order valence-corrected chi connectivity index (χ2v) is 8.31. The molecule has 0 aromatic heterocycles. The molecule has 166 valence electrons. The number of ether oxygens (including phenoxy) is 3. The molecule has 0 atom stereocenters. The van der Waals surface area contributed by atoms with Crippen LogP contribution in [0.2, 0.25) is 0 Å². The van der Waals surface area contributed by atoms with E-state index >= 15 is 0 Å². The Morgan fingerprint density at radius 1 is 1.32 bits per heavy atom. The Hall–Kier alpha value is -2.63. The highest BCUT2D eigenvalue weighted by Gasteiger charge is 2.32. The minimum Gasteiger partial charge on any atom is -0.493 e. The Kier molecular flexibility index (Phi) is 7.88. The minimum atomic E-state index is -1.01. The van der Waals surface area contributed by atoms with Gasteiger partial charge in [-0.1, -0.05) is 36.1 Å². The number of carboxylic acids is 1. The van der Waals surface area contributed by atoms with Crippen LogP contribution in [-0.4, -0.2) is 83.6 Å². The van der Waals surface area contributed by atoms with E-state index in [0.29, 0.717) is 52.6 Å². The Bertz CT molecular complexity index is 913. The summed E-state index contributed by atoms with van der Waals surface area (Å²) in [6, 6.07) is 5.18. The van der Waals surface area contributed by atoms with Gasteiger partial charge in [0.2, 0.25) is 0 Å². The number of aliphatic carboxylic acids is 1. The van der Waals surface area contributed by atoms with E-state index in [0.717, 1.165) is 11.8 Å². The number of hydrogen-bond acceptors (Lipinski definition) is 8. The molecule has 2 heterocycles. The van der Waals surface area contributed by atoms with Crippen molar-refractivity contribution in [3.63, 3.8) is 0 Å². The molecule has 1 aromatic rings. The maximum absolute atomic E-state index is 12.7. The largest absolute Gasteiger partial charge is 0.493 e. The third-order valence-electron chi connectivity index (χ3n) is 4.64. The van der Waals surface area contributed by atoms with Gasteiger partial charge < -0.3 is 24.2 Å². The van der Waals surface area contributed by atoms with Crippen LogP contribution in [0.3, 0.4) is 0 Å². The third-order valence-corrected chi connectivity index (χ3v) is 6.02. The zero-order valence-corrected chi connectivity index (χ0v) is 18.5. The molecule has 9 nitrogen and oxygen atoms in total. The monoisotopic (exact) mass is 466 g/mol. The third kappa shape index (κ3) is 5.75. The Morgan fingerprint density at radius 2 is 2.06 bits per heavy atom. The number of rotatable bonds is 8. The molecule has 0 spiro atoms. The fourth-order valence-electron chi connectivity index (χ4n) is 3.04. The average Bonchev–Trinajstić information content (AvgIpc) is 3.03. The summed E-state index contributed by atoms with van der Waals surface area (Å²) in [5.41, 5.74) is 0.549. The fraction of sp³-hybridized carbons (Fsp3) is 0.400. The summed E-state index contributed by atoms with van der Waals surface area (Å²) in [7, 11) is 1.49. The normalized spacial score (nSPS) is 17.9. The number of thiocarbonyl (C=S) groups is 1. The molecular weight excluding hydrogens is 444 g/mol. The summed E-state index contributed by atoms with van der Waals surface area (Å²) in [6.45, 7) is 1.85. The van der Waals surface area contributed by atoms with E-state index in [9.17, 15) is 14.4 Å². The lowest BCUT2D eigenvalue weighted by Crippen LogP contribution is -2.43. The zero-order chi connectivity index (χ0) is 22.4. The Labute approximate surface area is 188 Å². The molecule has 31 heavy (non-hydrogen) atoms. The van der Waals surface area contributed by atoms with Crippen LogP contribution >= 0.6 is 24.0 Å². The Morgan fingerprint density at radius 3 is 2.74 bits per heavy atom. The van der Waals surface area contributed by atoms with Gasteiger partial charge in [0, 0.05) is 25.2 Å². The number of carboxylic acid groups (broad SMARTS) is 1. The lowest BCUT2D eigenvalue weighted by atomic mass is 10.1. The SMILES string of the molecule is COc1cccc(/C=C2/SC(=S)N(CCC(=O)O)C2=O)c1OCC(=O)N1CCOCC1. The molecule has 0 radical (unpaired) electrons. The molecule has 0 aliphatic carbocycles. The van der Waals surface area contributed by atoms with Crippen LogP contribution in [0.5, 0.6) is 11.5 Å². The molecule has 2 aliphatic heterocycles. The number of hydrogen-bond donors (Lipinski definition) is 1. The molecule has 0 unspecified atom stereocenters. The lowest BCUT2D eigenvalue weighted by Gasteiger charge is -2.27. The van der Waals surface area contributed by atoms with Crippen molar-refractivity contribution in [1.29, 1.82) is 0 Å². The van der Waals surface area contributed by atoms with E-state index in [1.165, 1.54) is 12.0 Å². The average molecular weight is 467 g/mol. The molecule has 2 fully saturated rings. The molecule has 1 N–H and O–H groups in total. The van der Waals surface area contributed by atoms with Crippen LogP contribution in [-0.2, 0) is 19.1 Å². The van der Waals surface area contributed by atoms with Crippen molar-refractivity contribution in [2.45, 2.75) is 6.42 Å². The smallest absolute Gasteiger partial charge is 0.305 e. The van der Waals surface area contributed by atoms with Crippen LogP contribution in [0, 0.1) is 0 Å². The number of carbonyl (C=O) groups is 3. The summed E-state index contributed by atoms with van der Waals surface area (Å²) in [5, 5.41) is 8.87. The van der Waals surface area contributed by atoms with Gasteiger partial charge in [-0.25, -0.2) is 0 Å². The maximum atomic E-state index is 12.7. The van der Waals surface area contributed by atoms with Crippen LogP contribution in [0.1, 0.15) is 12.0 Å². The standard InChI is InChI=1S/C20H22N2O7S2/c1-27-14-4-2-3-13(18(14)29-12-16(23)21-7-9-28-10-8-21)11-15-19(26)22(20(30)31-15)6-5-17(24)25/h2-4,11H,5-10,12H2,1H3,(H,24,25)/b15-11+. The maximum Gasteiger partial charge on any atom is 0.305 e. The number of morpholine rings is 1. The first kappa shape index (κ1) is 23.0. The van der Waals surface area contributed by atoms with Gasteiger partial charge in [-0.05, 0) is 12.1 Å². The number of carbonyl (C=O) groups excluding carboxylic acids is 2. The number of thioether (sulfide) groups is 1. The predicted octanol–water partition coefficient (Wildman–Crippen LogP) is 1.61. The molecule has 2 saturated heterocycles. The van der Waals surface area contributed by atoms with Crippen molar-refractivity contribution >= 4 is 52.2 Å². The Balaban J connectivity index is 1.78. The number of para-hydroxylation sites is 1. The van der Waals surface area contributed by atoms with Crippen LogP contribution in [0.25, 0.3) is 6.08 Å². The summed E-state index contributed by atoms with van der Waals surface area (Å²) < 4.78 is 16.7. The van der Waals surface area contributed by atoms with Crippen molar-refractivity contribution in [1.82, 2.24) is 9.80 Å². The van der Waals surface area contributed by atoms with Crippen molar-refractivity contribution in [2.24, 2.45) is 0 Å². The summed E-state index contributed by atoms with van der Waals surface area (Å²) >= 11 is 6.31. The minimum absolute atomic E-state index is 0.00680. The van der Waals surface area contributed by atoms with Gasteiger partial charge in [-0.15, -0.1) is 0 Å². The lowest BCUT2D eigenvalue weighted by molar-refractivity contribution is -0.138. The molecule has 3 rings (SSSR count). The molecule has 2 amide bonds. The molecule has 2 aliphatic rings. The first-order valence-electron chi connectivity index (χ1n) is 9.53. The summed E-state index contributed by atoms with van der Waals surface area (Å²) in [5.74, 6) is -0.784. The first-order valence-corrected chi connectivity index (χ1v) is 10.8. The van der Waals surface area contributed by atoms with Crippen molar-refractivity contribution in [2.75, 3.05) is 46.6 Å². The molecule has 11 heteroatoms. The van der Waals surface area contributed by atoms with E-state index in [-0.39, 0.29) is 31.4 Å². The highest BCUT2D eigenvalue weighted by atomic mass is 32.2. The predicted molar refractivity (Wildman–Crippen MR) is 118 cm³/mol. The van der Waals surface area contributed by atoms with E-state index in [2.05, 4.69) is 0 Å². The van der Waals surface area contributed by atoms with Crippen LogP contribution in [0.4, 0.5) is 0 Å². The number of amides is 2. The van der Waals surface area contributed by atoms with Gasteiger partial charge in [0.15, 0.2) is 18.1 Å². The van der Waals surface area contributed by atoms with Crippen molar-refractivity contribution < 1.29 is 33.7 Å². The second kappa shape index (κ2) is 10.6. The van der Waals surface area contributed by atoms with Gasteiger partial charge in [0.25, 0.3) is 11.8 Å². The quantitative estimate of drug-likeness (QED) is 0.452.